The monoisotopic (exact) mass is 342 g/mol. The van der Waals surface area contributed by atoms with Crippen molar-refractivity contribution in [2.75, 3.05) is 0 Å². The Kier molecular flexibility index (Phi) is 8.47. The van der Waals surface area contributed by atoms with Crippen molar-refractivity contribution in [1.29, 1.82) is 0 Å². The maximum Gasteiger partial charge on any atom is 0.205 e. The molecule has 0 aliphatic heterocycles. The first-order valence-corrected chi connectivity index (χ1v) is 8.94. The summed E-state index contributed by atoms with van der Waals surface area (Å²) in [5.41, 5.74) is 1.71. The summed E-state index contributed by atoms with van der Waals surface area (Å²) in [6.45, 7) is 0. The molecule has 2 rings (SSSR count). The van der Waals surface area contributed by atoms with Crippen molar-refractivity contribution in [3.63, 3.8) is 0 Å². The summed E-state index contributed by atoms with van der Waals surface area (Å²) in [7, 11) is 0. The molecule has 26 heavy (non-hydrogen) atoms. The van der Waals surface area contributed by atoms with Crippen LogP contribution in [0.1, 0.15) is 49.7 Å². The van der Waals surface area contributed by atoms with Gasteiger partial charge in [-0.25, -0.2) is 0 Å². The fraction of sp³-hybridized carbons (Fsp3) is 0.250. The van der Waals surface area contributed by atoms with Gasteiger partial charge in [-0.05, 0) is 48.9 Å². The lowest BCUT2D eigenvalue weighted by Gasteiger charge is -1.97. The number of hydrogen-bond donors (Lipinski definition) is 0. The predicted octanol–water partition coefficient (Wildman–Crippen LogP) is 4.57. The van der Waals surface area contributed by atoms with E-state index in [2.05, 4.69) is 23.7 Å². The van der Waals surface area contributed by atoms with E-state index in [0.29, 0.717) is 12.8 Å². The van der Waals surface area contributed by atoms with Gasteiger partial charge in [0.1, 0.15) is 0 Å². The van der Waals surface area contributed by atoms with Crippen molar-refractivity contribution < 1.29 is 9.59 Å². The number of hydrogen-bond acceptors (Lipinski definition) is 2. The number of carbonyl (C=O) groups is 2. The topological polar surface area (TPSA) is 34.1 Å². The fourth-order valence-electron chi connectivity index (χ4n) is 2.38. The number of benzene rings is 2. The summed E-state index contributed by atoms with van der Waals surface area (Å²) in [4.78, 5) is 23.5. The van der Waals surface area contributed by atoms with E-state index < -0.39 is 0 Å². The quantitative estimate of drug-likeness (QED) is 0.546. The van der Waals surface area contributed by atoms with Crippen molar-refractivity contribution in [3.05, 3.63) is 71.8 Å². The molecular formula is C24H22O2. The van der Waals surface area contributed by atoms with Crippen LogP contribution >= 0.6 is 0 Å². The van der Waals surface area contributed by atoms with Crippen LogP contribution in [0.4, 0.5) is 0 Å². The molecule has 2 aromatic rings. The molecule has 0 aliphatic rings. The molecule has 0 heterocycles. The molecule has 2 aromatic carbocycles. The van der Waals surface area contributed by atoms with Gasteiger partial charge in [0, 0.05) is 24.0 Å². The Balaban J connectivity index is 1.57. The standard InChI is InChI=1S/C24H22O2/c25-23(19-17-21-11-5-3-6-12-21)15-9-1-2-10-16-24(26)20-18-22-13-7-4-8-14-22/h3-8,11-14H,1-2,9-10,15-16H2. The summed E-state index contributed by atoms with van der Waals surface area (Å²) in [5.74, 6) is 11.1. The van der Waals surface area contributed by atoms with E-state index in [-0.39, 0.29) is 11.6 Å². The Labute approximate surface area is 155 Å². The Morgan fingerprint density at radius 2 is 0.962 bits per heavy atom. The maximum absolute atomic E-state index is 11.7. The van der Waals surface area contributed by atoms with Crippen LogP contribution in [0.15, 0.2) is 60.7 Å². The van der Waals surface area contributed by atoms with Gasteiger partial charge in [0.2, 0.25) is 11.6 Å². The number of Topliss-reactive ketones (excluding diaryl/α,β-unsaturated/α-hetero) is 2. The highest BCUT2D eigenvalue weighted by Crippen LogP contribution is 2.06. The molecule has 0 atom stereocenters. The highest BCUT2D eigenvalue weighted by molar-refractivity contribution is 5.96. The third-order valence-electron chi connectivity index (χ3n) is 3.80. The summed E-state index contributed by atoms with van der Waals surface area (Å²) in [5, 5.41) is 0. The highest BCUT2D eigenvalue weighted by atomic mass is 16.1. The Bertz CT molecular complexity index is 754. The summed E-state index contributed by atoms with van der Waals surface area (Å²) in [6.07, 6.45) is 4.43. The van der Waals surface area contributed by atoms with E-state index in [1.165, 1.54) is 0 Å². The first-order chi connectivity index (χ1) is 12.7. The molecule has 0 saturated carbocycles. The first-order valence-electron chi connectivity index (χ1n) is 8.94. The molecule has 0 amide bonds. The predicted molar refractivity (Wildman–Crippen MR) is 104 cm³/mol. The average molecular weight is 342 g/mol. The van der Waals surface area contributed by atoms with Crippen LogP contribution in [0.5, 0.6) is 0 Å². The van der Waals surface area contributed by atoms with Gasteiger partial charge in [0.15, 0.2) is 0 Å². The Morgan fingerprint density at radius 3 is 1.35 bits per heavy atom. The van der Waals surface area contributed by atoms with E-state index >= 15 is 0 Å². The minimum absolute atomic E-state index is 0.0290. The van der Waals surface area contributed by atoms with E-state index in [1.54, 1.807) is 0 Å². The molecule has 0 fully saturated rings. The van der Waals surface area contributed by atoms with Gasteiger partial charge in [0.25, 0.3) is 0 Å². The fourth-order valence-corrected chi connectivity index (χ4v) is 2.38. The van der Waals surface area contributed by atoms with E-state index in [4.69, 9.17) is 0 Å². The second-order valence-electron chi connectivity index (χ2n) is 5.99. The van der Waals surface area contributed by atoms with Crippen LogP contribution in [0.3, 0.4) is 0 Å². The molecule has 0 spiro atoms. The second-order valence-corrected chi connectivity index (χ2v) is 5.99. The zero-order chi connectivity index (χ0) is 18.5. The van der Waals surface area contributed by atoms with Crippen LogP contribution in [-0.2, 0) is 9.59 Å². The largest absolute Gasteiger partial charge is 0.285 e. The average Bonchev–Trinajstić information content (AvgIpc) is 2.69. The van der Waals surface area contributed by atoms with Crippen molar-refractivity contribution in [3.8, 4) is 23.7 Å². The second kappa shape index (κ2) is 11.5. The van der Waals surface area contributed by atoms with Gasteiger partial charge in [-0.1, -0.05) is 61.1 Å². The molecule has 0 radical (unpaired) electrons. The Morgan fingerprint density at radius 1 is 0.577 bits per heavy atom. The summed E-state index contributed by atoms with van der Waals surface area (Å²) >= 11 is 0. The minimum atomic E-state index is -0.0290. The zero-order valence-corrected chi connectivity index (χ0v) is 14.8. The number of unbranched alkanes of at least 4 members (excludes halogenated alkanes) is 3. The van der Waals surface area contributed by atoms with Gasteiger partial charge >= 0.3 is 0 Å². The van der Waals surface area contributed by atoms with Crippen LogP contribution < -0.4 is 0 Å². The summed E-state index contributed by atoms with van der Waals surface area (Å²) in [6, 6.07) is 19.0. The third-order valence-corrected chi connectivity index (χ3v) is 3.80. The van der Waals surface area contributed by atoms with E-state index in [9.17, 15) is 9.59 Å². The van der Waals surface area contributed by atoms with Gasteiger partial charge in [-0.3, -0.25) is 9.59 Å². The van der Waals surface area contributed by atoms with E-state index in [1.807, 2.05) is 60.7 Å². The van der Waals surface area contributed by atoms with Crippen LogP contribution in [0, 0.1) is 23.7 Å². The molecule has 0 aliphatic carbocycles. The number of rotatable bonds is 7. The SMILES string of the molecule is O=C(C#Cc1ccccc1)CCCCCCC(=O)C#Cc1ccccc1. The lowest BCUT2D eigenvalue weighted by Crippen LogP contribution is -1.95. The van der Waals surface area contributed by atoms with Gasteiger partial charge in [0.05, 0.1) is 0 Å². The van der Waals surface area contributed by atoms with Crippen molar-refractivity contribution in [1.82, 2.24) is 0 Å². The van der Waals surface area contributed by atoms with Gasteiger partial charge in [-0.2, -0.15) is 0 Å². The van der Waals surface area contributed by atoms with E-state index in [0.717, 1.165) is 36.8 Å². The van der Waals surface area contributed by atoms with Crippen molar-refractivity contribution in [2.45, 2.75) is 38.5 Å². The molecule has 0 N–H and O–H groups in total. The van der Waals surface area contributed by atoms with Crippen LogP contribution in [-0.4, -0.2) is 11.6 Å². The van der Waals surface area contributed by atoms with Crippen molar-refractivity contribution >= 4 is 11.6 Å². The zero-order valence-electron chi connectivity index (χ0n) is 14.8. The normalized spacial score (nSPS) is 9.38. The highest BCUT2D eigenvalue weighted by Gasteiger charge is 2.00. The molecule has 0 bridgehead atoms. The smallest absolute Gasteiger partial charge is 0.205 e. The molecule has 130 valence electrons. The molecule has 0 unspecified atom stereocenters. The van der Waals surface area contributed by atoms with Crippen LogP contribution in [0.25, 0.3) is 0 Å². The maximum atomic E-state index is 11.7. The Hall–Kier alpha value is -3.10. The molecule has 2 heteroatoms. The number of carbonyl (C=O) groups excluding carboxylic acids is 2. The minimum Gasteiger partial charge on any atom is -0.285 e. The molecule has 2 nitrogen and oxygen atoms in total. The first kappa shape index (κ1) is 19.2. The van der Waals surface area contributed by atoms with Gasteiger partial charge in [-0.15, -0.1) is 0 Å². The van der Waals surface area contributed by atoms with Crippen molar-refractivity contribution in [2.24, 2.45) is 0 Å². The number of ketones is 2. The molecule has 0 saturated heterocycles. The summed E-state index contributed by atoms with van der Waals surface area (Å²) < 4.78 is 0. The molecule has 0 aromatic heterocycles. The lowest BCUT2D eigenvalue weighted by atomic mass is 10.1. The van der Waals surface area contributed by atoms with Crippen LogP contribution in [0.2, 0.25) is 0 Å². The van der Waals surface area contributed by atoms with Gasteiger partial charge < -0.3 is 0 Å². The lowest BCUT2D eigenvalue weighted by molar-refractivity contribution is -0.114. The third kappa shape index (κ3) is 8.13. The molecular weight excluding hydrogens is 320 g/mol.